The van der Waals surface area contributed by atoms with E-state index in [-0.39, 0.29) is 5.25 Å². The second-order valence-electron chi connectivity index (χ2n) is 3.25. The first-order chi connectivity index (χ1) is 5.54. The molecule has 1 saturated heterocycles. The molecule has 0 radical (unpaired) electrons. The van der Waals surface area contributed by atoms with Crippen LogP contribution in [0.15, 0.2) is 0 Å². The quantitative estimate of drug-likeness (QED) is 0.656. The van der Waals surface area contributed by atoms with E-state index in [0.717, 1.165) is 25.9 Å². The highest BCUT2D eigenvalue weighted by atomic mass is 32.2. The molecule has 72 valence electrons. The molecule has 1 aliphatic rings. The number of nitrogens with two attached hydrogens (primary N) is 1. The molecule has 1 fully saturated rings. The lowest BCUT2D eigenvalue weighted by Crippen LogP contribution is -2.44. The summed E-state index contributed by atoms with van der Waals surface area (Å²) in [6.45, 7) is 4.55. The molecule has 0 amide bonds. The summed E-state index contributed by atoms with van der Waals surface area (Å²) in [6, 6.07) is 0. The fraction of sp³-hybridized carbons (Fsp3) is 1.00. The van der Waals surface area contributed by atoms with E-state index < -0.39 is 10.0 Å². The highest BCUT2D eigenvalue weighted by Crippen LogP contribution is 2.14. The molecule has 0 bridgehead atoms. The number of primary sulfonamides is 1. The Bertz CT molecular complexity index is 238. The van der Waals surface area contributed by atoms with Crippen LogP contribution in [-0.4, -0.2) is 38.2 Å². The predicted molar refractivity (Wildman–Crippen MR) is 48.2 cm³/mol. The minimum Gasteiger partial charge on any atom is -0.302 e. The highest BCUT2D eigenvalue weighted by Gasteiger charge is 2.26. The number of rotatable bonds is 2. The van der Waals surface area contributed by atoms with Crippen molar-refractivity contribution in [2.75, 3.05) is 19.6 Å². The van der Waals surface area contributed by atoms with Gasteiger partial charge in [-0.3, -0.25) is 0 Å². The Morgan fingerprint density at radius 1 is 1.58 bits per heavy atom. The van der Waals surface area contributed by atoms with Crippen molar-refractivity contribution in [3.8, 4) is 0 Å². The first kappa shape index (κ1) is 9.95. The van der Waals surface area contributed by atoms with Gasteiger partial charge in [0.15, 0.2) is 0 Å². The van der Waals surface area contributed by atoms with Gasteiger partial charge >= 0.3 is 0 Å². The van der Waals surface area contributed by atoms with Crippen molar-refractivity contribution < 1.29 is 8.42 Å². The average molecular weight is 192 g/mol. The van der Waals surface area contributed by atoms with Crippen LogP contribution in [0.1, 0.15) is 19.8 Å². The van der Waals surface area contributed by atoms with E-state index in [2.05, 4.69) is 4.90 Å². The Kier molecular flexibility index (Phi) is 3.09. The van der Waals surface area contributed by atoms with Gasteiger partial charge in [0.05, 0.1) is 5.25 Å². The van der Waals surface area contributed by atoms with E-state index in [1.54, 1.807) is 0 Å². The standard InChI is InChI=1S/C7H16N2O2S/c1-2-9-5-3-4-7(6-9)12(8,10)11/h7H,2-6H2,1H3,(H2,8,10,11). The maximum atomic E-state index is 11.0. The van der Waals surface area contributed by atoms with Crippen LogP contribution in [0.25, 0.3) is 0 Å². The lowest BCUT2D eigenvalue weighted by atomic mass is 10.1. The van der Waals surface area contributed by atoms with Crippen molar-refractivity contribution in [2.24, 2.45) is 5.14 Å². The van der Waals surface area contributed by atoms with Crippen LogP contribution in [0.3, 0.4) is 0 Å². The molecule has 0 saturated carbocycles. The van der Waals surface area contributed by atoms with Gasteiger partial charge < -0.3 is 4.90 Å². The second kappa shape index (κ2) is 3.72. The number of piperidine rings is 1. The molecule has 2 N–H and O–H groups in total. The summed E-state index contributed by atoms with van der Waals surface area (Å²) in [5.74, 6) is 0. The van der Waals surface area contributed by atoms with Crippen molar-refractivity contribution in [2.45, 2.75) is 25.0 Å². The van der Waals surface area contributed by atoms with Gasteiger partial charge in [0.1, 0.15) is 0 Å². The van der Waals surface area contributed by atoms with Crippen LogP contribution in [0, 0.1) is 0 Å². The summed E-state index contributed by atoms with van der Waals surface area (Å²) in [7, 11) is -3.31. The van der Waals surface area contributed by atoms with Gasteiger partial charge in [-0.05, 0) is 25.9 Å². The summed E-state index contributed by atoms with van der Waals surface area (Å²) in [5, 5.41) is 4.73. The summed E-state index contributed by atoms with van der Waals surface area (Å²) >= 11 is 0. The Hall–Kier alpha value is -0.130. The van der Waals surface area contributed by atoms with Crippen LogP contribution in [0.2, 0.25) is 0 Å². The van der Waals surface area contributed by atoms with Gasteiger partial charge in [0, 0.05) is 6.54 Å². The van der Waals surface area contributed by atoms with Crippen LogP contribution in [-0.2, 0) is 10.0 Å². The fourth-order valence-corrected chi connectivity index (χ4v) is 2.48. The molecule has 0 aromatic heterocycles. The zero-order valence-corrected chi connectivity index (χ0v) is 8.18. The van der Waals surface area contributed by atoms with Gasteiger partial charge in [-0.1, -0.05) is 6.92 Å². The largest absolute Gasteiger partial charge is 0.302 e. The van der Waals surface area contributed by atoms with E-state index in [4.69, 9.17) is 5.14 Å². The second-order valence-corrected chi connectivity index (χ2v) is 5.09. The van der Waals surface area contributed by atoms with Crippen molar-refractivity contribution >= 4 is 10.0 Å². The van der Waals surface area contributed by atoms with E-state index in [1.165, 1.54) is 0 Å². The Labute approximate surface area is 73.8 Å². The predicted octanol–water partition coefficient (Wildman–Crippen LogP) is -0.241. The number of likely N-dealkylation sites (tertiary alicyclic amines) is 1. The molecule has 4 nitrogen and oxygen atoms in total. The number of hydrogen-bond donors (Lipinski definition) is 1. The third-order valence-corrected chi connectivity index (χ3v) is 3.69. The first-order valence-corrected chi connectivity index (χ1v) is 5.89. The lowest BCUT2D eigenvalue weighted by molar-refractivity contribution is 0.241. The van der Waals surface area contributed by atoms with Gasteiger partial charge in [-0.15, -0.1) is 0 Å². The normalized spacial score (nSPS) is 27.3. The molecule has 1 aliphatic heterocycles. The smallest absolute Gasteiger partial charge is 0.213 e. The van der Waals surface area contributed by atoms with Crippen molar-refractivity contribution in [1.82, 2.24) is 4.90 Å². The Morgan fingerprint density at radius 3 is 2.75 bits per heavy atom. The van der Waals surface area contributed by atoms with Crippen LogP contribution in [0.4, 0.5) is 0 Å². The summed E-state index contributed by atoms with van der Waals surface area (Å²) < 4.78 is 22.0. The maximum Gasteiger partial charge on any atom is 0.213 e. The van der Waals surface area contributed by atoms with Crippen molar-refractivity contribution in [1.29, 1.82) is 0 Å². The van der Waals surface area contributed by atoms with Gasteiger partial charge in [0.25, 0.3) is 0 Å². The van der Waals surface area contributed by atoms with E-state index in [0.29, 0.717) is 6.54 Å². The molecule has 1 rings (SSSR count). The molecule has 5 heteroatoms. The average Bonchev–Trinajstić information content (AvgIpc) is 2.03. The van der Waals surface area contributed by atoms with Gasteiger partial charge in [0.2, 0.25) is 10.0 Å². The molecular formula is C7H16N2O2S. The highest BCUT2D eigenvalue weighted by molar-refractivity contribution is 7.89. The molecule has 1 heterocycles. The third kappa shape index (κ3) is 2.43. The van der Waals surface area contributed by atoms with Crippen LogP contribution >= 0.6 is 0 Å². The van der Waals surface area contributed by atoms with E-state index >= 15 is 0 Å². The van der Waals surface area contributed by atoms with E-state index in [1.807, 2.05) is 6.92 Å². The van der Waals surface area contributed by atoms with E-state index in [9.17, 15) is 8.42 Å². The maximum absolute atomic E-state index is 11.0. The molecule has 0 aliphatic carbocycles. The SMILES string of the molecule is CCN1CCCC(S(N)(=O)=O)C1. The molecule has 1 unspecified atom stereocenters. The summed E-state index contributed by atoms with van der Waals surface area (Å²) in [5.41, 5.74) is 0. The Balaban J connectivity index is 2.58. The molecule has 0 spiro atoms. The van der Waals surface area contributed by atoms with Crippen LogP contribution in [0.5, 0.6) is 0 Å². The minimum absolute atomic E-state index is 0.341. The topological polar surface area (TPSA) is 63.4 Å². The minimum atomic E-state index is -3.31. The van der Waals surface area contributed by atoms with Crippen molar-refractivity contribution in [3.63, 3.8) is 0 Å². The lowest BCUT2D eigenvalue weighted by Gasteiger charge is -2.30. The first-order valence-electron chi connectivity index (χ1n) is 4.28. The van der Waals surface area contributed by atoms with Gasteiger partial charge in [-0.2, -0.15) is 0 Å². The van der Waals surface area contributed by atoms with Crippen LogP contribution < -0.4 is 5.14 Å². The molecular weight excluding hydrogens is 176 g/mol. The fourth-order valence-electron chi connectivity index (χ4n) is 1.57. The molecule has 0 aromatic rings. The van der Waals surface area contributed by atoms with Crippen molar-refractivity contribution in [3.05, 3.63) is 0 Å². The summed E-state index contributed by atoms with van der Waals surface area (Å²) in [6.07, 6.45) is 1.66. The number of hydrogen-bond acceptors (Lipinski definition) is 3. The number of sulfonamides is 1. The zero-order valence-electron chi connectivity index (χ0n) is 7.36. The Morgan fingerprint density at radius 2 is 2.25 bits per heavy atom. The third-order valence-electron chi connectivity index (χ3n) is 2.37. The molecule has 1 atom stereocenters. The zero-order chi connectivity index (χ0) is 9.19. The molecule has 0 aromatic carbocycles. The number of nitrogens with zero attached hydrogens (tertiary/aromatic N) is 1. The summed E-state index contributed by atoms with van der Waals surface area (Å²) in [4.78, 5) is 2.12. The molecule has 12 heavy (non-hydrogen) atoms. The monoisotopic (exact) mass is 192 g/mol. The van der Waals surface area contributed by atoms with Gasteiger partial charge in [-0.25, -0.2) is 13.6 Å².